The molecule has 0 atom stereocenters. The Labute approximate surface area is 237 Å². The Hall–Kier alpha value is -3.80. The number of rotatable bonds is 6. The van der Waals surface area contributed by atoms with E-state index >= 15 is 0 Å². The maximum absolute atomic E-state index is 12.8. The van der Waals surface area contributed by atoms with Crippen molar-refractivity contribution in [2.75, 3.05) is 0 Å². The molecule has 0 bridgehead atoms. The molecule has 0 amide bonds. The molecule has 0 fully saturated rings. The van der Waals surface area contributed by atoms with Crippen LogP contribution in [0, 0.1) is 27.7 Å². The SMILES string of the molecule is Cc1cc(C(C)(C)C)c(O)c(C)c1Cc1ccc(C(=O)O)c(Cc2c(C)cc(C(C)(C)C)c(O)c2C)c1C(=O)O. The molecule has 0 saturated carbocycles. The molecule has 4 N–H and O–H groups in total. The van der Waals surface area contributed by atoms with Gasteiger partial charge in [0.1, 0.15) is 11.5 Å². The Balaban J connectivity index is 2.27. The fraction of sp³-hybridized carbons (Fsp3) is 0.412. The molecule has 214 valence electrons. The first kappa shape index (κ1) is 30.7. The number of aromatic hydroxyl groups is 2. The maximum atomic E-state index is 12.8. The number of carbonyl (C=O) groups is 2. The van der Waals surface area contributed by atoms with E-state index in [9.17, 15) is 30.0 Å². The fourth-order valence-electron chi connectivity index (χ4n) is 5.57. The van der Waals surface area contributed by atoms with Crippen molar-refractivity contribution in [1.29, 1.82) is 0 Å². The van der Waals surface area contributed by atoms with E-state index < -0.39 is 11.9 Å². The van der Waals surface area contributed by atoms with Crippen LogP contribution in [0.25, 0.3) is 0 Å². The van der Waals surface area contributed by atoms with E-state index in [1.165, 1.54) is 6.07 Å². The van der Waals surface area contributed by atoms with Gasteiger partial charge in [-0.3, -0.25) is 0 Å². The predicted molar refractivity (Wildman–Crippen MR) is 159 cm³/mol. The van der Waals surface area contributed by atoms with E-state index in [1.54, 1.807) is 13.0 Å². The topological polar surface area (TPSA) is 115 Å². The van der Waals surface area contributed by atoms with Gasteiger partial charge in [0.2, 0.25) is 0 Å². The summed E-state index contributed by atoms with van der Waals surface area (Å²) in [6.07, 6.45) is 0.259. The van der Waals surface area contributed by atoms with Gasteiger partial charge in [-0.25, -0.2) is 9.59 Å². The van der Waals surface area contributed by atoms with E-state index in [2.05, 4.69) is 0 Å². The molecule has 0 heterocycles. The zero-order valence-corrected chi connectivity index (χ0v) is 25.3. The van der Waals surface area contributed by atoms with Crippen LogP contribution in [0.3, 0.4) is 0 Å². The van der Waals surface area contributed by atoms with Gasteiger partial charge in [-0.2, -0.15) is 0 Å². The number of aryl methyl sites for hydroxylation is 2. The van der Waals surface area contributed by atoms with Gasteiger partial charge in [0.15, 0.2) is 0 Å². The molecule has 6 nitrogen and oxygen atoms in total. The van der Waals surface area contributed by atoms with Crippen LogP contribution in [0.4, 0.5) is 0 Å². The summed E-state index contributed by atoms with van der Waals surface area (Å²) in [4.78, 5) is 25.0. The normalized spacial score (nSPS) is 12.1. The minimum atomic E-state index is -1.22. The highest BCUT2D eigenvalue weighted by Crippen LogP contribution is 2.40. The van der Waals surface area contributed by atoms with Gasteiger partial charge in [0.25, 0.3) is 0 Å². The lowest BCUT2D eigenvalue weighted by molar-refractivity contribution is 0.0694. The summed E-state index contributed by atoms with van der Waals surface area (Å²) >= 11 is 0. The molecule has 6 heteroatoms. The number of phenols is 2. The zero-order valence-electron chi connectivity index (χ0n) is 25.3. The maximum Gasteiger partial charge on any atom is 0.336 e. The molecule has 0 aliphatic rings. The van der Waals surface area contributed by atoms with Crippen molar-refractivity contribution in [3.63, 3.8) is 0 Å². The third-order valence-corrected chi connectivity index (χ3v) is 7.98. The molecule has 3 rings (SSSR count). The molecule has 0 aliphatic carbocycles. The van der Waals surface area contributed by atoms with Crippen LogP contribution in [0.2, 0.25) is 0 Å². The number of carboxylic acids is 2. The molecule has 0 saturated heterocycles. The van der Waals surface area contributed by atoms with E-state index in [-0.39, 0.29) is 51.9 Å². The number of phenolic OH excluding ortho intramolecular Hbond substituents is 2. The van der Waals surface area contributed by atoms with Gasteiger partial charge < -0.3 is 20.4 Å². The van der Waals surface area contributed by atoms with Crippen molar-refractivity contribution in [2.45, 2.75) is 92.9 Å². The summed E-state index contributed by atoms with van der Waals surface area (Å²) in [6, 6.07) is 6.86. The van der Waals surface area contributed by atoms with Crippen molar-refractivity contribution in [3.05, 3.63) is 91.0 Å². The fourth-order valence-corrected chi connectivity index (χ4v) is 5.57. The Bertz CT molecular complexity index is 1510. The van der Waals surface area contributed by atoms with Crippen molar-refractivity contribution in [2.24, 2.45) is 0 Å². The molecule has 40 heavy (non-hydrogen) atoms. The molecule has 0 spiro atoms. The van der Waals surface area contributed by atoms with Crippen LogP contribution >= 0.6 is 0 Å². The standard InChI is InChI=1S/C34H42O6/c1-17-13-26(33(5,6)7)29(35)19(3)23(17)15-21-11-12-22(31(37)38)25(28(21)32(39)40)16-24-18(2)14-27(34(8,9)10)30(36)20(24)4/h11-14,35-36H,15-16H2,1-10H3,(H,37,38)(H,39,40). The van der Waals surface area contributed by atoms with Gasteiger partial charge in [-0.05, 0) is 113 Å². The average Bonchev–Trinajstić information content (AvgIpc) is 2.82. The van der Waals surface area contributed by atoms with Crippen molar-refractivity contribution < 1.29 is 30.0 Å². The second-order valence-electron chi connectivity index (χ2n) is 13.0. The molecule has 3 aromatic carbocycles. The summed E-state index contributed by atoms with van der Waals surface area (Å²) in [5.41, 5.74) is 6.11. The van der Waals surface area contributed by atoms with Crippen LogP contribution < -0.4 is 0 Å². The molecule has 0 aliphatic heterocycles. The van der Waals surface area contributed by atoms with E-state index in [0.29, 0.717) is 22.3 Å². The summed E-state index contributed by atoms with van der Waals surface area (Å²) < 4.78 is 0. The van der Waals surface area contributed by atoms with Gasteiger partial charge in [-0.1, -0.05) is 59.7 Å². The lowest BCUT2D eigenvalue weighted by Gasteiger charge is -2.25. The van der Waals surface area contributed by atoms with Crippen LogP contribution in [0.5, 0.6) is 11.5 Å². The molecule has 0 radical (unpaired) electrons. The second-order valence-corrected chi connectivity index (χ2v) is 13.0. The summed E-state index contributed by atoms with van der Waals surface area (Å²) in [6.45, 7) is 19.5. The van der Waals surface area contributed by atoms with E-state index in [4.69, 9.17) is 0 Å². The minimum Gasteiger partial charge on any atom is -0.507 e. The monoisotopic (exact) mass is 546 g/mol. The quantitative estimate of drug-likeness (QED) is 0.254. The summed E-state index contributed by atoms with van der Waals surface area (Å²) in [7, 11) is 0. The van der Waals surface area contributed by atoms with Crippen LogP contribution in [0.15, 0.2) is 24.3 Å². The van der Waals surface area contributed by atoms with Crippen molar-refractivity contribution in [3.8, 4) is 11.5 Å². The van der Waals surface area contributed by atoms with Crippen molar-refractivity contribution in [1.82, 2.24) is 0 Å². The van der Waals surface area contributed by atoms with E-state index in [1.807, 2.05) is 74.4 Å². The molecular formula is C34H42O6. The lowest BCUT2D eigenvalue weighted by Crippen LogP contribution is -2.17. The Morgan fingerprint density at radius 3 is 1.45 bits per heavy atom. The molecule has 3 aromatic rings. The Kier molecular flexibility index (Phi) is 8.18. The first-order valence-electron chi connectivity index (χ1n) is 13.5. The van der Waals surface area contributed by atoms with Gasteiger partial charge in [0.05, 0.1) is 11.1 Å². The number of aromatic carboxylic acids is 2. The zero-order chi connectivity index (χ0) is 30.5. The largest absolute Gasteiger partial charge is 0.507 e. The number of benzene rings is 3. The summed E-state index contributed by atoms with van der Waals surface area (Å²) in [5.74, 6) is -2.11. The Morgan fingerprint density at radius 2 is 1.07 bits per heavy atom. The highest BCUT2D eigenvalue weighted by atomic mass is 16.4. The molecule has 0 unspecified atom stereocenters. The highest BCUT2D eigenvalue weighted by molar-refractivity contribution is 5.98. The summed E-state index contributed by atoms with van der Waals surface area (Å²) in [5, 5.41) is 42.5. The Morgan fingerprint density at radius 1 is 0.650 bits per heavy atom. The van der Waals surface area contributed by atoms with Crippen LogP contribution in [0.1, 0.15) is 118 Å². The van der Waals surface area contributed by atoms with Gasteiger partial charge in [0, 0.05) is 0 Å². The third-order valence-electron chi connectivity index (χ3n) is 7.98. The second kappa shape index (κ2) is 10.6. The van der Waals surface area contributed by atoms with Crippen LogP contribution in [-0.4, -0.2) is 32.4 Å². The number of carboxylic acid groups (broad SMARTS) is 2. The molecule has 0 aromatic heterocycles. The molecular weight excluding hydrogens is 504 g/mol. The van der Waals surface area contributed by atoms with Crippen LogP contribution in [-0.2, 0) is 23.7 Å². The first-order valence-corrected chi connectivity index (χ1v) is 13.5. The average molecular weight is 547 g/mol. The predicted octanol–water partition coefficient (Wildman–Crippen LogP) is 7.50. The van der Waals surface area contributed by atoms with E-state index in [0.717, 1.165) is 27.8 Å². The van der Waals surface area contributed by atoms with Crippen molar-refractivity contribution >= 4 is 11.9 Å². The smallest absolute Gasteiger partial charge is 0.336 e. The lowest BCUT2D eigenvalue weighted by atomic mass is 9.80. The number of hydrogen-bond donors (Lipinski definition) is 4. The number of hydrogen-bond acceptors (Lipinski definition) is 4. The highest BCUT2D eigenvalue weighted by Gasteiger charge is 2.28. The van der Waals surface area contributed by atoms with Gasteiger partial charge in [-0.15, -0.1) is 0 Å². The third kappa shape index (κ3) is 5.72. The minimum absolute atomic E-state index is 0.0406. The van der Waals surface area contributed by atoms with Gasteiger partial charge >= 0.3 is 11.9 Å². The first-order chi connectivity index (χ1) is 18.3.